The summed E-state index contributed by atoms with van der Waals surface area (Å²) in [4.78, 5) is 12.1. The molecule has 0 bridgehead atoms. The van der Waals surface area contributed by atoms with Crippen LogP contribution in [0.15, 0.2) is 48.5 Å². The summed E-state index contributed by atoms with van der Waals surface area (Å²) < 4.78 is 5.08. The van der Waals surface area contributed by atoms with Crippen molar-refractivity contribution in [1.82, 2.24) is 0 Å². The van der Waals surface area contributed by atoms with Gasteiger partial charge >= 0.3 is 5.97 Å². The standard InChI is InChI=1S/C18H15NO2/c1-2-21-18(20)16(11-19)17-14-9-5-3-7-12(14)13-8-4-6-10-15(13)17/h3-10,16-17H,2H2,1H3. The monoisotopic (exact) mass is 277 g/mol. The SMILES string of the molecule is CCOC(=O)C(C#N)C1c2ccccc2-c2ccccc21. The van der Waals surface area contributed by atoms with Gasteiger partial charge in [-0.2, -0.15) is 5.26 Å². The van der Waals surface area contributed by atoms with Crippen molar-refractivity contribution in [3.63, 3.8) is 0 Å². The maximum atomic E-state index is 12.1. The van der Waals surface area contributed by atoms with Gasteiger partial charge in [0.25, 0.3) is 0 Å². The molecule has 0 spiro atoms. The summed E-state index contributed by atoms with van der Waals surface area (Å²) in [6.07, 6.45) is 0. The molecule has 0 saturated carbocycles. The number of carbonyl (C=O) groups is 1. The molecule has 21 heavy (non-hydrogen) atoms. The minimum Gasteiger partial charge on any atom is -0.465 e. The van der Waals surface area contributed by atoms with Crippen LogP contribution in [0.5, 0.6) is 0 Å². The van der Waals surface area contributed by atoms with Gasteiger partial charge in [-0.05, 0) is 29.2 Å². The van der Waals surface area contributed by atoms with E-state index in [-0.39, 0.29) is 12.5 Å². The minimum atomic E-state index is -0.810. The van der Waals surface area contributed by atoms with Gasteiger partial charge in [-0.15, -0.1) is 0 Å². The fourth-order valence-electron chi connectivity index (χ4n) is 3.05. The van der Waals surface area contributed by atoms with E-state index in [0.717, 1.165) is 22.3 Å². The lowest BCUT2D eigenvalue weighted by Gasteiger charge is -2.18. The van der Waals surface area contributed by atoms with Crippen LogP contribution in [0.25, 0.3) is 11.1 Å². The van der Waals surface area contributed by atoms with Crippen molar-refractivity contribution in [1.29, 1.82) is 5.26 Å². The van der Waals surface area contributed by atoms with Gasteiger partial charge in [0.15, 0.2) is 5.92 Å². The highest BCUT2D eigenvalue weighted by molar-refractivity contribution is 5.85. The van der Waals surface area contributed by atoms with Crippen molar-refractivity contribution in [3.05, 3.63) is 59.7 Å². The number of hydrogen-bond donors (Lipinski definition) is 0. The Bertz CT molecular complexity index is 684. The Morgan fingerprint density at radius 3 is 2.14 bits per heavy atom. The molecule has 2 aromatic rings. The molecule has 0 heterocycles. The Hall–Kier alpha value is -2.60. The molecule has 0 radical (unpaired) electrons. The van der Waals surface area contributed by atoms with Crippen LogP contribution in [0.2, 0.25) is 0 Å². The number of fused-ring (bicyclic) bond motifs is 3. The number of nitrogens with zero attached hydrogens (tertiary/aromatic N) is 1. The second-order valence-corrected chi connectivity index (χ2v) is 5.01. The van der Waals surface area contributed by atoms with Crippen molar-refractivity contribution in [3.8, 4) is 17.2 Å². The number of nitriles is 1. The van der Waals surface area contributed by atoms with E-state index in [2.05, 4.69) is 6.07 Å². The molecule has 1 atom stereocenters. The number of benzene rings is 2. The Morgan fingerprint density at radius 2 is 1.67 bits per heavy atom. The van der Waals surface area contributed by atoms with E-state index in [4.69, 9.17) is 4.74 Å². The van der Waals surface area contributed by atoms with Gasteiger partial charge in [-0.3, -0.25) is 4.79 Å². The zero-order valence-corrected chi connectivity index (χ0v) is 11.7. The average molecular weight is 277 g/mol. The third-order valence-electron chi connectivity index (χ3n) is 3.89. The van der Waals surface area contributed by atoms with E-state index in [1.165, 1.54) is 0 Å². The molecule has 0 saturated heterocycles. The number of rotatable bonds is 3. The van der Waals surface area contributed by atoms with E-state index in [1.807, 2.05) is 48.5 Å². The fourth-order valence-corrected chi connectivity index (χ4v) is 3.05. The summed E-state index contributed by atoms with van der Waals surface area (Å²) >= 11 is 0. The van der Waals surface area contributed by atoms with E-state index < -0.39 is 11.9 Å². The van der Waals surface area contributed by atoms with Crippen LogP contribution >= 0.6 is 0 Å². The molecular weight excluding hydrogens is 262 g/mol. The molecule has 0 N–H and O–H groups in total. The first kappa shape index (κ1) is 13.4. The molecule has 1 aliphatic carbocycles. The van der Waals surface area contributed by atoms with Gasteiger partial charge in [0.2, 0.25) is 0 Å². The predicted octanol–water partition coefficient (Wildman–Crippen LogP) is 3.50. The highest BCUT2D eigenvalue weighted by Gasteiger charge is 2.38. The third-order valence-corrected chi connectivity index (χ3v) is 3.89. The van der Waals surface area contributed by atoms with Gasteiger partial charge in [0.05, 0.1) is 12.7 Å². The summed E-state index contributed by atoms with van der Waals surface area (Å²) in [7, 11) is 0. The Balaban J connectivity index is 2.14. The van der Waals surface area contributed by atoms with Crippen LogP contribution in [0.3, 0.4) is 0 Å². The predicted molar refractivity (Wildman–Crippen MR) is 79.5 cm³/mol. The summed E-state index contributed by atoms with van der Waals surface area (Å²) in [5.41, 5.74) is 4.25. The molecule has 3 rings (SSSR count). The lowest BCUT2D eigenvalue weighted by atomic mass is 9.85. The zero-order chi connectivity index (χ0) is 14.8. The average Bonchev–Trinajstić information content (AvgIpc) is 2.84. The van der Waals surface area contributed by atoms with Crippen molar-refractivity contribution >= 4 is 5.97 Å². The first-order chi connectivity index (χ1) is 10.3. The van der Waals surface area contributed by atoms with E-state index >= 15 is 0 Å². The zero-order valence-electron chi connectivity index (χ0n) is 11.7. The highest BCUT2D eigenvalue weighted by atomic mass is 16.5. The Morgan fingerprint density at radius 1 is 1.14 bits per heavy atom. The first-order valence-electron chi connectivity index (χ1n) is 7.02. The van der Waals surface area contributed by atoms with E-state index in [1.54, 1.807) is 6.92 Å². The van der Waals surface area contributed by atoms with Crippen molar-refractivity contribution in [2.45, 2.75) is 12.8 Å². The van der Waals surface area contributed by atoms with Crippen LogP contribution in [-0.4, -0.2) is 12.6 Å². The Kier molecular flexibility index (Phi) is 3.45. The normalized spacial score (nSPS) is 13.9. The van der Waals surface area contributed by atoms with Gasteiger partial charge in [-0.1, -0.05) is 48.5 Å². The van der Waals surface area contributed by atoms with E-state index in [0.29, 0.717) is 0 Å². The van der Waals surface area contributed by atoms with E-state index in [9.17, 15) is 10.1 Å². The summed E-state index contributed by atoms with van der Waals surface area (Å²) in [5, 5.41) is 9.48. The molecule has 1 aliphatic rings. The molecular formula is C18H15NO2. The van der Waals surface area contributed by atoms with Crippen LogP contribution < -0.4 is 0 Å². The smallest absolute Gasteiger partial charge is 0.324 e. The van der Waals surface area contributed by atoms with Gasteiger partial charge < -0.3 is 4.74 Å². The highest BCUT2D eigenvalue weighted by Crippen LogP contribution is 2.48. The molecule has 1 unspecified atom stereocenters. The topological polar surface area (TPSA) is 50.1 Å². The largest absolute Gasteiger partial charge is 0.465 e. The van der Waals surface area contributed by atoms with Crippen LogP contribution in [0.1, 0.15) is 24.0 Å². The second-order valence-electron chi connectivity index (χ2n) is 5.01. The quantitative estimate of drug-likeness (QED) is 0.807. The molecule has 0 aromatic heterocycles. The summed E-state index contributed by atoms with van der Waals surface area (Å²) in [5.74, 6) is -1.51. The van der Waals surface area contributed by atoms with Gasteiger partial charge in [-0.25, -0.2) is 0 Å². The van der Waals surface area contributed by atoms with Crippen LogP contribution in [0.4, 0.5) is 0 Å². The molecule has 3 nitrogen and oxygen atoms in total. The lowest BCUT2D eigenvalue weighted by Crippen LogP contribution is -2.23. The maximum absolute atomic E-state index is 12.1. The van der Waals surface area contributed by atoms with Crippen LogP contribution in [0, 0.1) is 17.2 Å². The lowest BCUT2D eigenvalue weighted by molar-refractivity contribution is -0.146. The van der Waals surface area contributed by atoms with Crippen LogP contribution in [-0.2, 0) is 9.53 Å². The molecule has 0 fully saturated rings. The number of hydrogen-bond acceptors (Lipinski definition) is 3. The maximum Gasteiger partial charge on any atom is 0.324 e. The van der Waals surface area contributed by atoms with Crippen molar-refractivity contribution < 1.29 is 9.53 Å². The molecule has 104 valence electrons. The fraction of sp³-hybridized carbons (Fsp3) is 0.222. The number of esters is 1. The summed E-state index contributed by atoms with van der Waals surface area (Å²) in [6.45, 7) is 2.04. The van der Waals surface area contributed by atoms with Gasteiger partial charge in [0, 0.05) is 5.92 Å². The molecule has 3 heteroatoms. The number of carbonyl (C=O) groups excluding carboxylic acids is 1. The molecule has 0 aliphatic heterocycles. The molecule has 0 amide bonds. The first-order valence-corrected chi connectivity index (χ1v) is 7.02. The third kappa shape index (κ3) is 2.09. The second kappa shape index (κ2) is 5.41. The minimum absolute atomic E-state index is 0.249. The van der Waals surface area contributed by atoms with Crippen molar-refractivity contribution in [2.24, 2.45) is 5.92 Å². The van der Waals surface area contributed by atoms with Gasteiger partial charge in [0.1, 0.15) is 0 Å². The number of ether oxygens (including phenoxy) is 1. The Labute approximate surface area is 123 Å². The summed E-state index contributed by atoms with van der Waals surface area (Å²) in [6, 6.07) is 18.0. The van der Waals surface area contributed by atoms with Crippen molar-refractivity contribution in [2.75, 3.05) is 6.61 Å². The molecule has 2 aromatic carbocycles.